The summed E-state index contributed by atoms with van der Waals surface area (Å²) in [5, 5.41) is 63.0. The minimum absolute atomic E-state index is 0.234. The van der Waals surface area contributed by atoms with Crippen molar-refractivity contribution in [3.8, 4) is 5.75 Å². The molecule has 0 bridgehead atoms. The van der Waals surface area contributed by atoms with Crippen molar-refractivity contribution in [1.29, 1.82) is 5.39 Å². The van der Waals surface area contributed by atoms with Gasteiger partial charge in [-0.1, -0.05) is 6.92 Å². The first-order valence-electron chi connectivity index (χ1n) is 9.34. The molecule has 3 aliphatic rings. The fraction of sp³-hybridized carbons (Fsp3) is 0.350. The number of aliphatic hydroxyl groups is 4. The van der Waals surface area contributed by atoms with Crippen LogP contribution in [-0.2, 0) is 14.4 Å². The van der Waals surface area contributed by atoms with Gasteiger partial charge in [0, 0.05) is 29.9 Å². The maximum atomic E-state index is 13.4. The van der Waals surface area contributed by atoms with E-state index in [-0.39, 0.29) is 11.3 Å². The van der Waals surface area contributed by atoms with Gasteiger partial charge in [-0.05, 0) is 17.5 Å². The van der Waals surface area contributed by atoms with Crippen molar-refractivity contribution in [2.75, 3.05) is 0 Å². The van der Waals surface area contributed by atoms with Crippen LogP contribution < -0.4 is 5.73 Å². The van der Waals surface area contributed by atoms with Crippen LogP contribution >= 0.6 is 0 Å². The van der Waals surface area contributed by atoms with E-state index in [1.54, 1.807) is 6.92 Å². The normalized spacial score (nSPS) is 32.2. The molecule has 0 saturated heterocycles. The molecule has 2 unspecified atom stereocenters. The Labute approximate surface area is 174 Å². The highest BCUT2D eigenvalue weighted by Gasteiger charge is 2.65. The van der Waals surface area contributed by atoms with Crippen LogP contribution in [0.5, 0.6) is 5.75 Å². The Morgan fingerprint density at radius 1 is 1.26 bits per heavy atom. The SMILES string of the molecule is CC1c2ccc([N+]#N)c(O)c2C(O)=C2C(=O)[C@]3(O)C(O)=C(C(N)=O)C(=O)C[C@@H]3C(O)[C@@H]21. The van der Waals surface area contributed by atoms with Crippen LogP contribution in [-0.4, -0.2) is 54.7 Å². The van der Waals surface area contributed by atoms with Gasteiger partial charge >= 0.3 is 5.69 Å². The van der Waals surface area contributed by atoms with E-state index in [2.05, 4.69) is 4.98 Å². The van der Waals surface area contributed by atoms with Crippen molar-refractivity contribution in [3.05, 3.63) is 45.1 Å². The second kappa shape index (κ2) is 6.37. The van der Waals surface area contributed by atoms with Crippen LogP contribution in [0.2, 0.25) is 0 Å². The molecule has 3 aliphatic carbocycles. The number of aromatic hydroxyl groups is 1. The van der Waals surface area contributed by atoms with Gasteiger partial charge in [-0.2, -0.15) is 0 Å². The van der Waals surface area contributed by atoms with Crippen LogP contribution in [0.4, 0.5) is 5.69 Å². The standard InChI is InChI=1S/C20H17N3O8/c1-5-6-2-3-8(23-22)15(26)11(6)16(27)13-10(5)14(25)7-4-9(24)12(19(21)30)17(28)20(7,31)18(13)29/h2-3,5,7,10,14,25,31H,4H2,1H3,(H4-,21,24,26,27,28,29,30)/p+1/t5?,7-,10-,14?,20-/m1/s1. The molecule has 160 valence electrons. The first kappa shape index (κ1) is 20.5. The molecule has 11 nitrogen and oxygen atoms in total. The molecule has 1 aromatic carbocycles. The lowest BCUT2D eigenvalue weighted by Crippen LogP contribution is -2.63. The van der Waals surface area contributed by atoms with Gasteiger partial charge in [-0.25, -0.2) is 0 Å². The molecule has 31 heavy (non-hydrogen) atoms. The number of hydrogen-bond donors (Lipinski definition) is 6. The van der Waals surface area contributed by atoms with Gasteiger partial charge in [-0.15, -0.1) is 0 Å². The number of nitrogens with zero attached hydrogens (tertiary/aromatic N) is 2. The fourth-order valence-corrected chi connectivity index (χ4v) is 5.07. The van der Waals surface area contributed by atoms with Crippen LogP contribution in [0.1, 0.15) is 30.4 Å². The summed E-state index contributed by atoms with van der Waals surface area (Å²) in [6, 6.07) is 2.71. The molecule has 1 amide bonds. The Hall–Kier alpha value is -3.75. The number of aliphatic hydroxyl groups excluding tert-OH is 3. The summed E-state index contributed by atoms with van der Waals surface area (Å²) < 4.78 is 0. The molecule has 5 atom stereocenters. The predicted octanol–water partition coefficient (Wildman–Crippen LogP) is 0.440. The Balaban J connectivity index is 2.03. The Kier molecular flexibility index (Phi) is 4.22. The first-order chi connectivity index (χ1) is 14.5. The zero-order valence-electron chi connectivity index (χ0n) is 16.1. The highest BCUT2D eigenvalue weighted by molar-refractivity contribution is 6.23. The highest BCUT2D eigenvalue weighted by Crippen LogP contribution is 2.56. The zero-order chi connectivity index (χ0) is 23.0. The third-order valence-electron chi connectivity index (χ3n) is 6.59. The van der Waals surface area contributed by atoms with Gasteiger partial charge < -0.3 is 31.3 Å². The zero-order valence-corrected chi connectivity index (χ0v) is 16.1. The summed E-state index contributed by atoms with van der Waals surface area (Å²) in [4.78, 5) is 40.3. The van der Waals surface area contributed by atoms with Crippen molar-refractivity contribution in [1.82, 2.24) is 0 Å². The summed E-state index contributed by atoms with van der Waals surface area (Å²) in [6.45, 7) is 1.60. The predicted molar refractivity (Wildman–Crippen MR) is 102 cm³/mol. The van der Waals surface area contributed by atoms with E-state index < -0.39 is 81.8 Å². The number of Topliss-reactive ketones (excluding diaryl/α,β-unsaturated/α-hetero) is 2. The molecule has 11 heteroatoms. The Bertz CT molecular complexity index is 1190. The van der Waals surface area contributed by atoms with Crippen molar-refractivity contribution in [2.45, 2.75) is 31.0 Å². The van der Waals surface area contributed by atoms with Crippen molar-refractivity contribution in [3.63, 3.8) is 0 Å². The summed E-state index contributed by atoms with van der Waals surface area (Å²) >= 11 is 0. The van der Waals surface area contributed by atoms with Crippen molar-refractivity contribution >= 4 is 28.9 Å². The number of fused-ring (bicyclic) bond motifs is 3. The van der Waals surface area contributed by atoms with E-state index in [9.17, 15) is 39.9 Å². The number of amides is 1. The number of rotatable bonds is 1. The maximum Gasteiger partial charge on any atom is 0.426 e. The highest BCUT2D eigenvalue weighted by atomic mass is 16.4. The number of diazo groups is 1. The van der Waals surface area contributed by atoms with E-state index in [1.807, 2.05) is 0 Å². The topological polar surface area (TPSA) is 207 Å². The van der Waals surface area contributed by atoms with Crippen molar-refractivity contribution in [2.24, 2.45) is 17.6 Å². The quantitative estimate of drug-likeness (QED) is 0.270. The third kappa shape index (κ3) is 2.34. The molecule has 0 heterocycles. The molecule has 1 aromatic rings. The summed E-state index contributed by atoms with van der Waals surface area (Å²) in [5.41, 5.74) is 0.577. The van der Waals surface area contributed by atoms with Gasteiger partial charge in [0.05, 0.1) is 11.7 Å². The molecule has 0 aliphatic heterocycles. The van der Waals surface area contributed by atoms with Crippen LogP contribution in [0.15, 0.2) is 29.0 Å². The molecule has 1 fully saturated rings. The average molecular weight is 428 g/mol. The van der Waals surface area contributed by atoms with E-state index in [4.69, 9.17) is 11.1 Å². The molecular weight excluding hydrogens is 410 g/mol. The molecule has 4 rings (SSSR count). The van der Waals surface area contributed by atoms with E-state index in [0.717, 1.165) is 0 Å². The number of carbonyl (C=O) groups is 3. The molecule has 0 aromatic heterocycles. The van der Waals surface area contributed by atoms with Crippen LogP contribution in [0, 0.1) is 17.2 Å². The monoisotopic (exact) mass is 428 g/mol. The number of benzene rings is 1. The average Bonchev–Trinajstić information content (AvgIpc) is 2.70. The number of phenolic OH excluding ortho intramolecular Hbond substituents is 1. The lowest BCUT2D eigenvalue weighted by Gasteiger charge is -2.50. The van der Waals surface area contributed by atoms with Gasteiger partial charge in [0.2, 0.25) is 16.9 Å². The lowest BCUT2D eigenvalue weighted by atomic mass is 9.55. The fourth-order valence-electron chi connectivity index (χ4n) is 5.07. The smallest absolute Gasteiger partial charge is 0.426 e. The number of phenols is 1. The Morgan fingerprint density at radius 3 is 2.48 bits per heavy atom. The summed E-state index contributed by atoms with van der Waals surface area (Å²) in [6.07, 6.45) is -2.23. The second-order valence-electron chi connectivity index (χ2n) is 7.98. The number of primary amides is 1. The Morgan fingerprint density at radius 2 is 1.90 bits per heavy atom. The molecule has 0 radical (unpaired) electrons. The molecule has 0 spiro atoms. The van der Waals surface area contributed by atoms with Crippen LogP contribution in [0.25, 0.3) is 10.7 Å². The van der Waals surface area contributed by atoms with Gasteiger partial charge in [-0.3, -0.25) is 14.4 Å². The number of nitrogens with two attached hydrogens (primary N) is 1. The van der Waals surface area contributed by atoms with E-state index >= 15 is 0 Å². The number of hydrogen-bond acceptors (Lipinski definition) is 9. The largest absolute Gasteiger partial charge is 0.508 e. The minimum Gasteiger partial charge on any atom is -0.508 e. The summed E-state index contributed by atoms with van der Waals surface area (Å²) in [7, 11) is 0. The molecule has 7 N–H and O–H groups in total. The maximum absolute atomic E-state index is 13.4. The summed E-state index contributed by atoms with van der Waals surface area (Å²) in [5.74, 6) is -9.53. The number of carbonyl (C=O) groups excluding carboxylic acids is 3. The van der Waals surface area contributed by atoms with E-state index in [0.29, 0.717) is 5.56 Å². The first-order valence-corrected chi connectivity index (χ1v) is 9.34. The molecular formula is C20H18N3O8+. The second-order valence-corrected chi connectivity index (χ2v) is 7.98. The van der Waals surface area contributed by atoms with Crippen LogP contribution in [0.3, 0.4) is 0 Å². The van der Waals surface area contributed by atoms with Gasteiger partial charge in [0.1, 0.15) is 17.1 Å². The third-order valence-corrected chi connectivity index (χ3v) is 6.59. The molecule has 1 saturated carbocycles. The number of ketones is 2. The van der Waals surface area contributed by atoms with Gasteiger partial charge in [0.25, 0.3) is 5.91 Å². The van der Waals surface area contributed by atoms with E-state index in [1.165, 1.54) is 12.1 Å². The lowest BCUT2D eigenvalue weighted by molar-refractivity contribution is -0.160. The minimum atomic E-state index is -2.89. The van der Waals surface area contributed by atoms with Crippen molar-refractivity contribution < 1.29 is 39.9 Å². The van der Waals surface area contributed by atoms with Gasteiger partial charge in [0.15, 0.2) is 16.4 Å².